The van der Waals surface area contributed by atoms with Crippen LogP contribution >= 0.6 is 11.6 Å². The van der Waals surface area contributed by atoms with Crippen molar-refractivity contribution in [3.63, 3.8) is 0 Å². The minimum Gasteiger partial charge on any atom is -0.503 e. The molecule has 84 valence electrons. The van der Waals surface area contributed by atoms with Gasteiger partial charge in [-0.3, -0.25) is 0 Å². The molecule has 1 aromatic heterocycles. The van der Waals surface area contributed by atoms with E-state index in [-0.39, 0.29) is 16.8 Å². The van der Waals surface area contributed by atoms with Gasteiger partial charge < -0.3 is 9.52 Å². The summed E-state index contributed by atoms with van der Waals surface area (Å²) in [6.45, 7) is 0. The zero-order valence-electron chi connectivity index (χ0n) is 7.76. The van der Waals surface area contributed by atoms with Crippen LogP contribution in [-0.4, -0.2) is 5.11 Å². The molecule has 2 aromatic rings. The fourth-order valence-corrected chi connectivity index (χ4v) is 1.50. The quantitative estimate of drug-likeness (QED) is 0.621. The van der Waals surface area contributed by atoms with Gasteiger partial charge in [0, 0.05) is 5.39 Å². The number of phenols is 1. The van der Waals surface area contributed by atoms with Crippen LogP contribution in [0.5, 0.6) is 5.75 Å². The Labute approximate surface area is 92.9 Å². The van der Waals surface area contributed by atoms with Gasteiger partial charge in [0.05, 0.1) is 11.4 Å². The molecule has 1 heterocycles. The van der Waals surface area contributed by atoms with Crippen LogP contribution in [0.25, 0.3) is 11.0 Å². The summed E-state index contributed by atoms with van der Waals surface area (Å²) in [5.74, 6) is -3.72. The minimum absolute atomic E-state index is 0.0306. The lowest BCUT2D eigenvalue weighted by Gasteiger charge is -2.02. The van der Waals surface area contributed by atoms with Gasteiger partial charge in [0.25, 0.3) is 0 Å². The molecular weight excluding hydrogens is 242 g/mol. The van der Waals surface area contributed by atoms with E-state index in [4.69, 9.17) is 16.7 Å². The van der Waals surface area contributed by atoms with Crippen LogP contribution in [0.4, 0.5) is 8.78 Å². The number of hydrogen-bond acceptors (Lipinski definition) is 3. The average Bonchev–Trinajstić information content (AvgIpc) is 2.27. The Morgan fingerprint density at radius 2 is 2.06 bits per heavy atom. The fourth-order valence-electron chi connectivity index (χ4n) is 1.32. The molecule has 0 aliphatic heterocycles. The van der Waals surface area contributed by atoms with Crippen molar-refractivity contribution >= 4 is 22.6 Å². The molecular formula is C10H5ClF2O3. The van der Waals surface area contributed by atoms with E-state index in [9.17, 15) is 13.6 Å². The molecule has 0 aliphatic carbocycles. The third kappa shape index (κ3) is 1.53. The molecule has 0 spiro atoms. The highest BCUT2D eigenvalue weighted by Crippen LogP contribution is 2.28. The molecule has 0 bridgehead atoms. The van der Waals surface area contributed by atoms with Gasteiger partial charge in [-0.05, 0) is 12.1 Å². The van der Waals surface area contributed by atoms with Gasteiger partial charge in [0.1, 0.15) is 0 Å². The Hall–Kier alpha value is -1.62. The van der Waals surface area contributed by atoms with Gasteiger partial charge in [-0.15, -0.1) is 11.6 Å². The Morgan fingerprint density at radius 3 is 2.69 bits per heavy atom. The van der Waals surface area contributed by atoms with Crippen LogP contribution in [0.3, 0.4) is 0 Å². The summed E-state index contributed by atoms with van der Waals surface area (Å²) in [6.07, 6.45) is 0. The maximum absolute atomic E-state index is 13.3. The lowest BCUT2D eigenvalue weighted by atomic mass is 10.2. The smallest absolute Gasteiger partial charge is 0.340 e. The second-order valence-electron chi connectivity index (χ2n) is 3.13. The molecule has 2 rings (SSSR count). The lowest BCUT2D eigenvalue weighted by molar-refractivity contribution is 0.392. The second-order valence-corrected chi connectivity index (χ2v) is 3.40. The maximum atomic E-state index is 13.3. The van der Waals surface area contributed by atoms with E-state index in [2.05, 4.69) is 4.42 Å². The molecule has 1 aromatic carbocycles. The van der Waals surface area contributed by atoms with E-state index >= 15 is 0 Å². The molecule has 0 atom stereocenters. The van der Waals surface area contributed by atoms with Crippen molar-refractivity contribution in [3.05, 3.63) is 39.8 Å². The topological polar surface area (TPSA) is 50.4 Å². The van der Waals surface area contributed by atoms with Gasteiger partial charge >= 0.3 is 5.63 Å². The highest BCUT2D eigenvalue weighted by molar-refractivity contribution is 6.17. The van der Waals surface area contributed by atoms with Crippen LogP contribution in [-0.2, 0) is 5.88 Å². The highest BCUT2D eigenvalue weighted by atomic mass is 35.5. The molecule has 16 heavy (non-hydrogen) atoms. The second kappa shape index (κ2) is 3.75. The third-order valence-electron chi connectivity index (χ3n) is 2.11. The Morgan fingerprint density at radius 1 is 1.38 bits per heavy atom. The summed E-state index contributed by atoms with van der Waals surface area (Å²) in [7, 11) is 0. The summed E-state index contributed by atoms with van der Waals surface area (Å²) in [6, 6.07) is 2.09. The van der Waals surface area contributed by atoms with Crippen LogP contribution in [0.2, 0.25) is 0 Å². The van der Waals surface area contributed by atoms with Crippen molar-refractivity contribution in [2.45, 2.75) is 5.88 Å². The van der Waals surface area contributed by atoms with Crippen molar-refractivity contribution in [3.8, 4) is 5.75 Å². The fraction of sp³-hybridized carbons (Fsp3) is 0.100. The monoisotopic (exact) mass is 246 g/mol. The van der Waals surface area contributed by atoms with Gasteiger partial charge in [-0.25, -0.2) is 9.18 Å². The van der Waals surface area contributed by atoms with E-state index in [1.165, 1.54) is 6.07 Å². The molecule has 0 saturated carbocycles. The molecule has 0 saturated heterocycles. The zero-order chi connectivity index (χ0) is 11.9. The maximum Gasteiger partial charge on any atom is 0.340 e. The van der Waals surface area contributed by atoms with Crippen LogP contribution < -0.4 is 5.63 Å². The van der Waals surface area contributed by atoms with Crippen molar-refractivity contribution < 1.29 is 18.3 Å². The molecule has 0 amide bonds. The number of fused-ring (bicyclic) bond motifs is 1. The Kier molecular flexibility index (Phi) is 2.55. The SMILES string of the molecule is O=c1oc2c(F)c(O)c(F)cc2cc1CCl. The summed E-state index contributed by atoms with van der Waals surface area (Å²) >= 11 is 5.45. The molecule has 0 aliphatic rings. The largest absolute Gasteiger partial charge is 0.503 e. The number of halogens is 3. The number of hydrogen-bond donors (Lipinski definition) is 1. The number of aromatic hydroxyl groups is 1. The summed E-state index contributed by atoms with van der Waals surface area (Å²) in [5.41, 5.74) is -1.20. The van der Waals surface area contributed by atoms with Gasteiger partial charge in [-0.1, -0.05) is 0 Å². The van der Waals surface area contributed by atoms with E-state index < -0.39 is 28.6 Å². The highest BCUT2D eigenvalue weighted by Gasteiger charge is 2.16. The van der Waals surface area contributed by atoms with Gasteiger partial charge in [0.15, 0.2) is 17.1 Å². The summed E-state index contributed by atoms with van der Waals surface area (Å²) in [5, 5.41) is 9.01. The Bertz CT molecular complexity index is 621. The van der Waals surface area contributed by atoms with Gasteiger partial charge in [-0.2, -0.15) is 4.39 Å². The van der Waals surface area contributed by atoms with Crippen molar-refractivity contribution in [2.24, 2.45) is 0 Å². The van der Waals surface area contributed by atoms with E-state index in [0.717, 1.165) is 6.07 Å². The number of alkyl halides is 1. The number of rotatable bonds is 1. The van der Waals surface area contributed by atoms with E-state index in [1.54, 1.807) is 0 Å². The first-order valence-electron chi connectivity index (χ1n) is 4.24. The predicted molar refractivity (Wildman–Crippen MR) is 53.6 cm³/mol. The van der Waals surface area contributed by atoms with Gasteiger partial charge in [0.2, 0.25) is 5.82 Å². The molecule has 0 fully saturated rings. The van der Waals surface area contributed by atoms with Crippen molar-refractivity contribution in [1.29, 1.82) is 0 Å². The van der Waals surface area contributed by atoms with Crippen molar-refractivity contribution in [2.75, 3.05) is 0 Å². The standard InChI is InChI=1S/C10H5ClF2O3/c11-3-5-1-4-2-6(12)8(14)7(13)9(4)16-10(5)15/h1-2,14H,3H2. The molecule has 0 unspecified atom stereocenters. The zero-order valence-corrected chi connectivity index (χ0v) is 8.52. The first kappa shape index (κ1) is 10.9. The number of benzene rings is 1. The molecule has 1 N–H and O–H groups in total. The van der Waals surface area contributed by atoms with Crippen molar-refractivity contribution in [1.82, 2.24) is 0 Å². The Balaban J connectivity index is 2.92. The van der Waals surface area contributed by atoms with Crippen LogP contribution in [0.1, 0.15) is 5.56 Å². The minimum atomic E-state index is -1.30. The molecule has 6 heteroatoms. The average molecular weight is 247 g/mol. The van der Waals surface area contributed by atoms with Crippen LogP contribution in [0, 0.1) is 11.6 Å². The first-order valence-corrected chi connectivity index (χ1v) is 4.77. The molecule has 0 radical (unpaired) electrons. The van der Waals surface area contributed by atoms with Crippen LogP contribution in [0.15, 0.2) is 21.3 Å². The normalized spacial score (nSPS) is 10.9. The third-order valence-corrected chi connectivity index (χ3v) is 2.40. The van der Waals surface area contributed by atoms with E-state index in [1.807, 2.05) is 0 Å². The first-order chi connectivity index (χ1) is 7.54. The molecule has 3 nitrogen and oxygen atoms in total. The van der Waals surface area contributed by atoms with E-state index in [0.29, 0.717) is 0 Å². The number of phenolic OH excluding ortho intramolecular Hbond substituents is 1. The lowest BCUT2D eigenvalue weighted by Crippen LogP contribution is -2.05. The predicted octanol–water partition coefficient (Wildman–Crippen LogP) is 2.52. The summed E-state index contributed by atoms with van der Waals surface area (Å²) < 4.78 is 30.9. The summed E-state index contributed by atoms with van der Waals surface area (Å²) in [4.78, 5) is 11.2.